The van der Waals surface area contributed by atoms with Gasteiger partial charge in [-0.05, 0) is 59.1 Å². The number of aliphatic hydroxyl groups excluding tert-OH is 1. The van der Waals surface area contributed by atoms with Crippen LogP contribution in [-0.2, 0) is 11.3 Å². The number of fused-ring (bicyclic) bond motifs is 1. The second-order valence-electron chi connectivity index (χ2n) is 8.80. The Labute approximate surface area is 218 Å². The van der Waals surface area contributed by atoms with Crippen LogP contribution in [0.15, 0.2) is 53.1 Å². The van der Waals surface area contributed by atoms with Crippen molar-refractivity contribution in [3.05, 3.63) is 69.8 Å². The summed E-state index contributed by atoms with van der Waals surface area (Å²) in [6.45, 7) is 3.93. The molecule has 1 aromatic heterocycles. The van der Waals surface area contributed by atoms with Crippen molar-refractivity contribution in [2.24, 2.45) is 0 Å². The number of benzene rings is 2. The second kappa shape index (κ2) is 11.0. The average Bonchev–Trinajstić information content (AvgIpc) is 3.17. The molecule has 1 aliphatic heterocycles. The molecule has 1 unspecified atom stereocenters. The Morgan fingerprint density at radius 2 is 2.06 bits per heavy atom. The van der Waals surface area contributed by atoms with Gasteiger partial charge in [-0.3, -0.25) is 9.59 Å². The number of anilines is 1. The number of methoxy groups -OCH3 is 1. The summed E-state index contributed by atoms with van der Waals surface area (Å²) >= 11 is 3.50. The van der Waals surface area contributed by atoms with E-state index in [4.69, 9.17) is 4.74 Å². The van der Waals surface area contributed by atoms with E-state index in [1.165, 1.54) is 4.90 Å². The molecule has 9 nitrogen and oxygen atoms in total. The zero-order chi connectivity index (χ0) is 25.8. The van der Waals surface area contributed by atoms with Crippen molar-refractivity contribution in [1.29, 1.82) is 0 Å². The minimum atomic E-state index is -0.608. The second-order valence-corrected chi connectivity index (χ2v) is 9.66. The summed E-state index contributed by atoms with van der Waals surface area (Å²) < 4.78 is 5.94. The topological polar surface area (TPSA) is 117 Å². The van der Waals surface area contributed by atoms with Gasteiger partial charge in [-0.2, -0.15) is 0 Å². The molecule has 0 aliphatic carbocycles. The van der Waals surface area contributed by atoms with Gasteiger partial charge in [0.1, 0.15) is 12.3 Å². The van der Waals surface area contributed by atoms with Crippen LogP contribution in [-0.4, -0.2) is 58.1 Å². The molecule has 0 saturated heterocycles. The van der Waals surface area contributed by atoms with Crippen molar-refractivity contribution in [1.82, 2.24) is 20.2 Å². The van der Waals surface area contributed by atoms with Crippen molar-refractivity contribution in [2.75, 3.05) is 25.6 Å². The molecule has 188 valence electrons. The fraction of sp³-hybridized carbons (Fsp3) is 0.308. The predicted octanol–water partition coefficient (Wildman–Crippen LogP) is 3.54. The number of halogens is 1. The molecule has 1 aliphatic rings. The van der Waals surface area contributed by atoms with E-state index < -0.39 is 6.04 Å². The van der Waals surface area contributed by atoms with Crippen molar-refractivity contribution in [2.45, 2.75) is 32.5 Å². The Morgan fingerprint density at radius 3 is 2.78 bits per heavy atom. The van der Waals surface area contributed by atoms with E-state index in [0.717, 1.165) is 11.1 Å². The first-order valence-corrected chi connectivity index (χ1v) is 12.3. The standard InChI is InChI=1S/C26H28BrN5O4/c1-15(2)29-26-28-11-21(27)24(31-26)17-7-8-18-12-32(25(35)20(18)10-17)13-23(34)30-22(14-33)16-5-4-6-19(9-16)36-3/h4-11,15,22,33H,12-14H2,1-3H3,(H,30,34)(H,28,29,31). The monoisotopic (exact) mass is 553 g/mol. The summed E-state index contributed by atoms with van der Waals surface area (Å²) in [7, 11) is 1.55. The number of hydrogen-bond donors (Lipinski definition) is 3. The van der Waals surface area contributed by atoms with Crippen LogP contribution in [0.2, 0.25) is 0 Å². The summed E-state index contributed by atoms with van der Waals surface area (Å²) in [6.07, 6.45) is 1.68. The fourth-order valence-electron chi connectivity index (χ4n) is 4.04. The molecule has 36 heavy (non-hydrogen) atoms. The van der Waals surface area contributed by atoms with E-state index in [0.29, 0.717) is 39.5 Å². The summed E-state index contributed by atoms with van der Waals surface area (Å²) in [5.74, 6) is 0.544. The van der Waals surface area contributed by atoms with Crippen molar-refractivity contribution >= 4 is 33.7 Å². The first-order valence-electron chi connectivity index (χ1n) is 11.5. The van der Waals surface area contributed by atoms with Gasteiger partial charge >= 0.3 is 0 Å². The van der Waals surface area contributed by atoms with Gasteiger partial charge in [0.05, 0.1) is 29.9 Å². The zero-order valence-corrected chi connectivity index (χ0v) is 21.9. The van der Waals surface area contributed by atoms with E-state index in [1.807, 2.05) is 26.0 Å². The fourth-order valence-corrected chi connectivity index (χ4v) is 4.46. The van der Waals surface area contributed by atoms with Crippen molar-refractivity contribution < 1.29 is 19.4 Å². The molecule has 4 rings (SSSR count). The van der Waals surface area contributed by atoms with Crippen LogP contribution in [0.4, 0.5) is 5.95 Å². The molecule has 2 aromatic carbocycles. The van der Waals surface area contributed by atoms with E-state index in [9.17, 15) is 14.7 Å². The van der Waals surface area contributed by atoms with Gasteiger partial charge in [0.2, 0.25) is 11.9 Å². The Morgan fingerprint density at radius 1 is 1.25 bits per heavy atom. The maximum absolute atomic E-state index is 13.1. The predicted molar refractivity (Wildman–Crippen MR) is 140 cm³/mol. The van der Waals surface area contributed by atoms with Crippen LogP contribution < -0.4 is 15.4 Å². The zero-order valence-electron chi connectivity index (χ0n) is 20.3. The van der Waals surface area contributed by atoms with Gasteiger partial charge in [0.15, 0.2) is 0 Å². The number of ether oxygens (including phenoxy) is 1. The highest BCUT2D eigenvalue weighted by atomic mass is 79.9. The minimum Gasteiger partial charge on any atom is -0.497 e. The van der Waals surface area contributed by atoms with Crippen molar-refractivity contribution in [3.8, 4) is 17.0 Å². The Bertz CT molecular complexity index is 1280. The lowest BCUT2D eigenvalue weighted by molar-refractivity contribution is -0.122. The number of carbonyl (C=O) groups is 2. The molecular weight excluding hydrogens is 526 g/mol. The first-order chi connectivity index (χ1) is 17.3. The molecule has 1 atom stereocenters. The average molecular weight is 554 g/mol. The lowest BCUT2D eigenvalue weighted by Gasteiger charge is -2.20. The largest absolute Gasteiger partial charge is 0.497 e. The highest BCUT2D eigenvalue weighted by Crippen LogP contribution is 2.31. The van der Waals surface area contributed by atoms with Crippen LogP contribution in [0.3, 0.4) is 0 Å². The van der Waals surface area contributed by atoms with Crippen LogP contribution in [0.1, 0.15) is 41.4 Å². The van der Waals surface area contributed by atoms with E-state index in [2.05, 4.69) is 36.5 Å². The third-order valence-electron chi connectivity index (χ3n) is 5.77. The summed E-state index contributed by atoms with van der Waals surface area (Å²) in [4.78, 5) is 36.3. The summed E-state index contributed by atoms with van der Waals surface area (Å²) in [6, 6.07) is 12.3. The van der Waals surface area contributed by atoms with E-state index >= 15 is 0 Å². The molecule has 2 amide bonds. The number of carbonyl (C=O) groups excluding carboxylic acids is 2. The Balaban J connectivity index is 1.47. The number of rotatable bonds is 9. The van der Waals surface area contributed by atoms with Gasteiger partial charge in [-0.25, -0.2) is 9.97 Å². The lowest BCUT2D eigenvalue weighted by Crippen LogP contribution is -2.40. The Kier molecular flexibility index (Phi) is 7.85. The summed E-state index contributed by atoms with van der Waals surface area (Å²) in [5.41, 5.74) is 3.54. The van der Waals surface area contributed by atoms with Crippen LogP contribution in [0.25, 0.3) is 11.3 Å². The molecular formula is C26H28BrN5O4. The molecule has 0 spiro atoms. The van der Waals surface area contributed by atoms with Gasteiger partial charge in [-0.1, -0.05) is 24.3 Å². The third kappa shape index (κ3) is 5.66. The smallest absolute Gasteiger partial charge is 0.254 e. The van der Waals surface area contributed by atoms with Gasteiger partial charge in [0.25, 0.3) is 5.91 Å². The molecule has 3 aromatic rings. The highest BCUT2D eigenvalue weighted by Gasteiger charge is 2.30. The number of aromatic nitrogens is 2. The molecule has 10 heteroatoms. The number of amides is 2. The van der Waals surface area contributed by atoms with Crippen LogP contribution in [0.5, 0.6) is 5.75 Å². The lowest BCUT2D eigenvalue weighted by atomic mass is 10.0. The molecule has 0 bridgehead atoms. The normalized spacial score (nSPS) is 13.5. The third-order valence-corrected chi connectivity index (χ3v) is 6.35. The van der Waals surface area contributed by atoms with Gasteiger partial charge < -0.3 is 25.4 Å². The van der Waals surface area contributed by atoms with Gasteiger partial charge in [0, 0.05) is 29.9 Å². The SMILES string of the molecule is COc1cccc(C(CO)NC(=O)CN2Cc3ccc(-c4nc(NC(C)C)ncc4Br)cc3C2=O)c1. The molecule has 0 radical (unpaired) electrons. The highest BCUT2D eigenvalue weighted by molar-refractivity contribution is 9.10. The van der Waals surface area contributed by atoms with Crippen LogP contribution >= 0.6 is 15.9 Å². The Hall–Kier alpha value is -3.50. The maximum Gasteiger partial charge on any atom is 0.254 e. The molecule has 3 N–H and O–H groups in total. The number of aliphatic hydroxyl groups is 1. The van der Waals surface area contributed by atoms with Gasteiger partial charge in [-0.15, -0.1) is 0 Å². The quantitative estimate of drug-likeness (QED) is 0.371. The van der Waals surface area contributed by atoms with Crippen LogP contribution in [0, 0.1) is 0 Å². The molecule has 0 fully saturated rings. The van der Waals surface area contributed by atoms with Crippen molar-refractivity contribution in [3.63, 3.8) is 0 Å². The number of nitrogens with zero attached hydrogens (tertiary/aromatic N) is 3. The molecule has 0 saturated carbocycles. The minimum absolute atomic E-state index is 0.122. The van der Waals surface area contributed by atoms with E-state index in [-0.39, 0.29) is 31.0 Å². The first kappa shape index (κ1) is 25.6. The molecule has 2 heterocycles. The van der Waals surface area contributed by atoms with E-state index in [1.54, 1.807) is 43.6 Å². The number of nitrogens with one attached hydrogen (secondary N) is 2. The summed E-state index contributed by atoms with van der Waals surface area (Å²) in [5, 5.41) is 15.8. The number of hydrogen-bond acceptors (Lipinski definition) is 7. The maximum atomic E-state index is 13.1.